The first-order valence-corrected chi connectivity index (χ1v) is 7.60. The molecule has 0 aliphatic rings. The highest BCUT2D eigenvalue weighted by Crippen LogP contribution is 2.20. The molecule has 0 bridgehead atoms. The van der Waals surface area contributed by atoms with Crippen molar-refractivity contribution in [1.82, 2.24) is 4.72 Å². The normalized spacial score (nSPS) is 15.7. The molecule has 1 aromatic rings. The fourth-order valence-electron chi connectivity index (χ4n) is 1.63. The van der Waals surface area contributed by atoms with Gasteiger partial charge in [0.15, 0.2) is 0 Å². The Labute approximate surface area is 110 Å². The van der Waals surface area contributed by atoms with Crippen LogP contribution in [0.2, 0.25) is 0 Å². The van der Waals surface area contributed by atoms with E-state index in [0.29, 0.717) is 0 Å². The zero-order valence-corrected chi connectivity index (χ0v) is 12.2. The van der Waals surface area contributed by atoms with Gasteiger partial charge >= 0.3 is 0 Å². The molecule has 5 heteroatoms. The van der Waals surface area contributed by atoms with Crippen LogP contribution in [0.4, 0.5) is 0 Å². The highest BCUT2D eigenvalue weighted by molar-refractivity contribution is 7.89. The quantitative estimate of drug-likeness (QED) is 0.857. The van der Waals surface area contributed by atoms with Crippen LogP contribution < -0.4 is 10.5 Å². The first-order valence-electron chi connectivity index (χ1n) is 6.12. The molecule has 2 unspecified atom stereocenters. The van der Waals surface area contributed by atoms with Crippen LogP contribution in [0.15, 0.2) is 29.2 Å². The average Bonchev–Trinajstić information content (AvgIpc) is 2.26. The third-order valence-corrected chi connectivity index (χ3v) is 4.57. The monoisotopic (exact) mass is 270 g/mol. The van der Waals surface area contributed by atoms with Crippen molar-refractivity contribution in [3.05, 3.63) is 29.8 Å². The van der Waals surface area contributed by atoms with Crippen LogP contribution >= 0.6 is 0 Å². The molecule has 0 aromatic heterocycles. The van der Waals surface area contributed by atoms with Crippen molar-refractivity contribution in [2.24, 2.45) is 5.73 Å². The molecule has 0 fully saturated rings. The summed E-state index contributed by atoms with van der Waals surface area (Å²) in [5, 5.41) is 0. The minimum Gasteiger partial charge on any atom is -0.327 e. The van der Waals surface area contributed by atoms with Gasteiger partial charge in [0.1, 0.15) is 0 Å². The fourth-order valence-corrected chi connectivity index (χ4v) is 2.88. The van der Waals surface area contributed by atoms with Crippen LogP contribution in [0.1, 0.15) is 39.2 Å². The summed E-state index contributed by atoms with van der Waals surface area (Å²) in [6, 6.07) is 6.82. The van der Waals surface area contributed by atoms with Gasteiger partial charge in [-0.25, -0.2) is 13.1 Å². The Kier molecular flexibility index (Phi) is 4.90. The van der Waals surface area contributed by atoms with Gasteiger partial charge in [0.2, 0.25) is 10.0 Å². The number of hydrogen-bond acceptors (Lipinski definition) is 3. The molecular weight excluding hydrogens is 248 g/mol. The van der Waals surface area contributed by atoms with E-state index in [2.05, 4.69) is 4.72 Å². The first-order chi connectivity index (χ1) is 8.24. The van der Waals surface area contributed by atoms with Crippen LogP contribution in [-0.4, -0.2) is 20.5 Å². The van der Waals surface area contributed by atoms with Crippen molar-refractivity contribution < 1.29 is 8.42 Å². The van der Waals surface area contributed by atoms with Crippen molar-refractivity contribution in [1.29, 1.82) is 0 Å². The average molecular weight is 270 g/mol. The molecule has 3 N–H and O–H groups in total. The van der Waals surface area contributed by atoms with E-state index in [9.17, 15) is 8.42 Å². The van der Waals surface area contributed by atoms with Crippen LogP contribution in [0.25, 0.3) is 0 Å². The second kappa shape index (κ2) is 5.82. The van der Waals surface area contributed by atoms with Gasteiger partial charge in [0.05, 0.1) is 4.90 Å². The van der Waals surface area contributed by atoms with Gasteiger partial charge in [0.25, 0.3) is 0 Å². The predicted octanol–water partition coefficient (Wildman–Crippen LogP) is 1.82. The summed E-state index contributed by atoms with van der Waals surface area (Å²) in [6.07, 6.45) is 0. The van der Waals surface area contributed by atoms with Crippen molar-refractivity contribution in [2.45, 2.75) is 50.6 Å². The maximum atomic E-state index is 11.9. The van der Waals surface area contributed by atoms with Gasteiger partial charge in [-0.3, -0.25) is 0 Å². The van der Waals surface area contributed by atoms with Crippen molar-refractivity contribution in [3.63, 3.8) is 0 Å². The number of hydrogen-bond donors (Lipinski definition) is 2. The van der Waals surface area contributed by atoms with Crippen molar-refractivity contribution >= 4 is 10.0 Å². The lowest BCUT2D eigenvalue weighted by molar-refractivity contribution is 0.569. The molecule has 102 valence electrons. The Morgan fingerprint density at radius 2 is 1.56 bits per heavy atom. The molecule has 18 heavy (non-hydrogen) atoms. The van der Waals surface area contributed by atoms with Gasteiger partial charge in [0, 0.05) is 12.1 Å². The summed E-state index contributed by atoms with van der Waals surface area (Å²) >= 11 is 0. The maximum absolute atomic E-state index is 11.9. The number of nitrogens with one attached hydrogen (secondary N) is 1. The Morgan fingerprint density at radius 3 is 1.94 bits per heavy atom. The number of benzene rings is 1. The molecule has 1 aromatic carbocycles. The van der Waals surface area contributed by atoms with E-state index < -0.39 is 10.0 Å². The van der Waals surface area contributed by atoms with Crippen LogP contribution in [0.5, 0.6) is 0 Å². The fraction of sp³-hybridized carbons (Fsp3) is 0.538. The minimum absolute atomic E-state index is 0.0428. The highest BCUT2D eigenvalue weighted by Gasteiger charge is 2.16. The Bertz CT molecular complexity index is 478. The van der Waals surface area contributed by atoms with Crippen molar-refractivity contribution in [3.8, 4) is 0 Å². The van der Waals surface area contributed by atoms with E-state index in [0.717, 1.165) is 5.56 Å². The van der Waals surface area contributed by atoms with Crippen LogP contribution in [0, 0.1) is 0 Å². The SMILES string of the molecule is CC(C)NS(=O)(=O)c1ccc(C(C)C(C)N)cc1. The Morgan fingerprint density at radius 1 is 1.06 bits per heavy atom. The van der Waals surface area contributed by atoms with Gasteiger partial charge in [-0.1, -0.05) is 19.1 Å². The van der Waals surface area contributed by atoms with Gasteiger partial charge in [-0.2, -0.15) is 0 Å². The summed E-state index contributed by atoms with van der Waals surface area (Å²) in [5.74, 6) is 0.208. The molecule has 1 rings (SSSR count). The molecule has 4 nitrogen and oxygen atoms in total. The summed E-state index contributed by atoms with van der Waals surface area (Å²) < 4.78 is 26.4. The predicted molar refractivity (Wildman–Crippen MR) is 74.0 cm³/mol. The van der Waals surface area contributed by atoms with E-state index in [1.54, 1.807) is 26.0 Å². The molecule has 2 atom stereocenters. The van der Waals surface area contributed by atoms with E-state index >= 15 is 0 Å². The molecule has 0 saturated carbocycles. The standard InChI is InChI=1S/C13H22N2O2S/c1-9(2)15-18(16,17)13-7-5-12(6-8-13)10(3)11(4)14/h5-11,15H,14H2,1-4H3. The van der Waals surface area contributed by atoms with Gasteiger partial charge in [-0.05, 0) is 44.4 Å². The lowest BCUT2D eigenvalue weighted by atomic mass is 9.95. The largest absolute Gasteiger partial charge is 0.327 e. The lowest BCUT2D eigenvalue weighted by Gasteiger charge is -2.16. The van der Waals surface area contributed by atoms with Gasteiger partial charge in [-0.15, -0.1) is 0 Å². The highest BCUT2D eigenvalue weighted by atomic mass is 32.2. The number of nitrogens with two attached hydrogens (primary N) is 1. The number of rotatable bonds is 5. The second-order valence-electron chi connectivity index (χ2n) is 4.99. The number of sulfonamides is 1. The van der Waals surface area contributed by atoms with E-state index in [-0.39, 0.29) is 22.9 Å². The Hall–Kier alpha value is -0.910. The molecule has 0 spiro atoms. The molecular formula is C13H22N2O2S. The first kappa shape index (κ1) is 15.1. The zero-order valence-electron chi connectivity index (χ0n) is 11.3. The molecule has 0 aliphatic carbocycles. The zero-order chi connectivity index (χ0) is 13.9. The van der Waals surface area contributed by atoms with Crippen molar-refractivity contribution in [2.75, 3.05) is 0 Å². The summed E-state index contributed by atoms with van der Waals surface area (Å²) in [5.41, 5.74) is 6.88. The minimum atomic E-state index is -3.40. The smallest absolute Gasteiger partial charge is 0.240 e. The Balaban J connectivity index is 2.96. The lowest BCUT2D eigenvalue weighted by Crippen LogP contribution is -2.30. The molecule has 0 aliphatic heterocycles. The maximum Gasteiger partial charge on any atom is 0.240 e. The second-order valence-corrected chi connectivity index (χ2v) is 6.71. The van der Waals surface area contributed by atoms with Crippen LogP contribution in [-0.2, 0) is 10.0 Å². The third-order valence-electron chi connectivity index (χ3n) is 2.90. The van der Waals surface area contributed by atoms with E-state index in [4.69, 9.17) is 5.73 Å². The molecule has 0 radical (unpaired) electrons. The van der Waals surface area contributed by atoms with Gasteiger partial charge < -0.3 is 5.73 Å². The molecule has 0 amide bonds. The summed E-state index contributed by atoms with van der Waals surface area (Å²) in [7, 11) is -3.40. The summed E-state index contributed by atoms with van der Waals surface area (Å²) in [4.78, 5) is 0.289. The van der Waals surface area contributed by atoms with E-state index in [1.165, 1.54) is 0 Å². The summed E-state index contributed by atoms with van der Waals surface area (Å²) in [6.45, 7) is 7.56. The molecule has 0 heterocycles. The molecule has 0 saturated heterocycles. The van der Waals surface area contributed by atoms with E-state index in [1.807, 2.05) is 26.0 Å². The topological polar surface area (TPSA) is 72.2 Å². The van der Waals surface area contributed by atoms with Crippen LogP contribution in [0.3, 0.4) is 0 Å². The third kappa shape index (κ3) is 3.80.